The number of ether oxygens (including phenoxy) is 2. The van der Waals surface area contributed by atoms with Gasteiger partial charge in [0.05, 0.1) is 13.2 Å². The van der Waals surface area contributed by atoms with E-state index in [4.69, 9.17) is 79.1 Å². The third-order valence-electron chi connectivity index (χ3n) is 3.58. The topological polar surface area (TPSA) is 83.8 Å². The molecule has 2 amide bonds. The van der Waals surface area contributed by atoms with Crippen LogP contribution in [0.3, 0.4) is 0 Å². The van der Waals surface area contributed by atoms with Gasteiger partial charge in [-0.1, -0.05) is 99.9 Å². The number of carbonyl (C=O) groups is 2. The molecule has 1 aliphatic heterocycles. The lowest BCUT2D eigenvalue weighted by Crippen LogP contribution is -2.63. The van der Waals surface area contributed by atoms with Crippen molar-refractivity contribution in [2.45, 2.75) is 27.6 Å². The first-order valence-electron chi connectivity index (χ1n) is 8.70. The normalized spacial score (nSPS) is 16.9. The van der Waals surface area contributed by atoms with Crippen molar-refractivity contribution in [3.63, 3.8) is 0 Å². The van der Waals surface area contributed by atoms with E-state index in [-0.39, 0.29) is 19.0 Å². The summed E-state index contributed by atoms with van der Waals surface area (Å²) in [4.78, 5) is 33.8. The summed E-state index contributed by atoms with van der Waals surface area (Å²) in [5.74, 6) is -0.397. The Kier molecular flexibility index (Phi) is 8.95. The number of aliphatic imine (C=N–C) groups is 2. The maximum atomic E-state index is 12.7. The summed E-state index contributed by atoms with van der Waals surface area (Å²) in [7, 11) is 0. The number of amides is 2. The Bertz CT molecular complexity index is 852. The summed E-state index contributed by atoms with van der Waals surface area (Å²) in [6.07, 6.45) is -3.93. The molecule has 0 bridgehead atoms. The molecule has 0 aromatic heterocycles. The zero-order chi connectivity index (χ0) is 23.4. The minimum absolute atomic E-state index is 0.0437. The predicted octanol–water partition coefficient (Wildman–Crippen LogP) is 5.74. The number of rotatable bonds is 4. The third-order valence-corrected chi connectivity index (χ3v) is 4.67. The SMILES string of the molecule is CCOC(=O)N(C(=O)OCC)N1C(C(Cl)(Cl)Cl)=NC(c2ccccc2)=NC1C(Cl)(Cl)Cl. The van der Waals surface area contributed by atoms with Crippen molar-refractivity contribution in [1.82, 2.24) is 10.0 Å². The zero-order valence-electron chi connectivity index (χ0n) is 16.1. The number of halogens is 6. The Balaban J connectivity index is 2.74. The largest absolute Gasteiger partial charge is 0.448 e. The van der Waals surface area contributed by atoms with Crippen molar-refractivity contribution < 1.29 is 19.1 Å². The lowest BCUT2D eigenvalue weighted by atomic mass is 10.2. The van der Waals surface area contributed by atoms with Crippen molar-refractivity contribution in [2.24, 2.45) is 9.98 Å². The molecule has 0 saturated carbocycles. The summed E-state index contributed by atoms with van der Waals surface area (Å²) in [5.41, 5.74) is 0.506. The average Bonchev–Trinajstić information content (AvgIpc) is 2.67. The van der Waals surface area contributed by atoms with Gasteiger partial charge in [0, 0.05) is 5.56 Å². The average molecular weight is 553 g/mol. The number of imide groups is 1. The van der Waals surface area contributed by atoms with E-state index in [2.05, 4.69) is 9.98 Å². The quantitative estimate of drug-likeness (QED) is 0.444. The summed E-state index contributed by atoms with van der Waals surface area (Å²) in [6, 6.07) is 8.58. The van der Waals surface area contributed by atoms with E-state index in [1.807, 2.05) is 0 Å². The number of alkyl halides is 6. The number of carbonyl (C=O) groups excluding carboxylic acids is 2. The summed E-state index contributed by atoms with van der Waals surface area (Å²) in [6.45, 7) is 2.89. The van der Waals surface area contributed by atoms with Gasteiger partial charge in [-0.3, -0.25) is 0 Å². The second-order valence-corrected chi connectivity index (χ2v) is 10.4. The molecule has 170 valence electrons. The lowest BCUT2D eigenvalue weighted by Gasteiger charge is -2.43. The first kappa shape index (κ1) is 26.1. The molecule has 8 nitrogen and oxygen atoms in total. The van der Waals surface area contributed by atoms with E-state index in [9.17, 15) is 9.59 Å². The fraction of sp³-hybridized carbons (Fsp3) is 0.412. The van der Waals surface area contributed by atoms with Crippen LogP contribution >= 0.6 is 69.6 Å². The monoisotopic (exact) mass is 550 g/mol. The maximum Gasteiger partial charge on any atom is 0.439 e. The number of hydrazine groups is 1. The number of hydrogen-bond donors (Lipinski definition) is 0. The van der Waals surface area contributed by atoms with Crippen LogP contribution in [0.1, 0.15) is 19.4 Å². The van der Waals surface area contributed by atoms with Gasteiger partial charge in [0.15, 0.2) is 17.8 Å². The highest BCUT2D eigenvalue weighted by atomic mass is 35.6. The van der Waals surface area contributed by atoms with Gasteiger partial charge in [-0.25, -0.2) is 24.6 Å². The lowest BCUT2D eigenvalue weighted by molar-refractivity contribution is -0.000154. The van der Waals surface area contributed by atoms with Crippen LogP contribution in [0, 0.1) is 0 Å². The van der Waals surface area contributed by atoms with Crippen LogP contribution in [0.2, 0.25) is 0 Å². The van der Waals surface area contributed by atoms with Crippen molar-refractivity contribution >= 4 is 93.5 Å². The number of benzene rings is 1. The Hall–Kier alpha value is -1.16. The van der Waals surface area contributed by atoms with Gasteiger partial charge >= 0.3 is 12.2 Å². The molecule has 0 saturated heterocycles. The molecule has 0 spiro atoms. The molecule has 1 aliphatic rings. The highest BCUT2D eigenvalue weighted by Gasteiger charge is 2.52. The van der Waals surface area contributed by atoms with Crippen LogP contribution in [0.5, 0.6) is 0 Å². The highest BCUT2D eigenvalue weighted by molar-refractivity contribution is 6.77. The summed E-state index contributed by atoms with van der Waals surface area (Å²) >= 11 is 36.8. The number of amidine groups is 2. The standard InChI is InChI=1S/C17H16Cl6N4O4/c1-3-30-14(28)27(15(29)31-4-2)26-12(16(18,19)20)24-11(10-8-6-5-7-9-10)25-13(26)17(21,22)23/h5-9,12H,3-4H2,1-2H3. The number of hydrogen-bond acceptors (Lipinski definition) is 7. The second kappa shape index (κ2) is 10.6. The van der Waals surface area contributed by atoms with Crippen LogP contribution in [0.25, 0.3) is 0 Å². The van der Waals surface area contributed by atoms with Crippen LogP contribution in [0.4, 0.5) is 9.59 Å². The van der Waals surface area contributed by atoms with Gasteiger partial charge in [-0.2, -0.15) is 0 Å². The van der Waals surface area contributed by atoms with Crippen molar-refractivity contribution in [2.75, 3.05) is 13.2 Å². The van der Waals surface area contributed by atoms with Crippen molar-refractivity contribution in [3.8, 4) is 0 Å². The Morgan fingerprint density at radius 1 is 1.00 bits per heavy atom. The van der Waals surface area contributed by atoms with Gasteiger partial charge in [0.1, 0.15) is 0 Å². The summed E-state index contributed by atoms with van der Waals surface area (Å²) in [5, 5.41) is 1.12. The summed E-state index contributed by atoms with van der Waals surface area (Å²) < 4.78 is 5.39. The van der Waals surface area contributed by atoms with Crippen LogP contribution in [-0.2, 0) is 9.47 Å². The zero-order valence-corrected chi connectivity index (χ0v) is 20.6. The Labute approximate surface area is 208 Å². The van der Waals surface area contributed by atoms with Gasteiger partial charge in [0.2, 0.25) is 7.59 Å². The molecule has 1 unspecified atom stereocenters. The first-order chi connectivity index (χ1) is 14.4. The molecule has 0 aliphatic carbocycles. The van der Waals surface area contributed by atoms with E-state index in [1.165, 1.54) is 13.8 Å². The molecular formula is C17H16Cl6N4O4. The molecule has 1 heterocycles. The van der Waals surface area contributed by atoms with Gasteiger partial charge in [-0.15, -0.1) is 5.01 Å². The minimum atomic E-state index is -2.28. The smallest absolute Gasteiger partial charge is 0.439 e. The molecular weight excluding hydrogens is 537 g/mol. The van der Waals surface area contributed by atoms with E-state index in [0.717, 1.165) is 5.01 Å². The van der Waals surface area contributed by atoms with E-state index in [0.29, 0.717) is 10.6 Å². The van der Waals surface area contributed by atoms with E-state index >= 15 is 0 Å². The molecule has 0 fully saturated rings. The van der Waals surface area contributed by atoms with Crippen molar-refractivity contribution in [3.05, 3.63) is 35.9 Å². The first-order valence-corrected chi connectivity index (χ1v) is 11.0. The molecule has 1 aromatic carbocycles. The molecule has 2 rings (SSSR count). The van der Waals surface area contributed by atoms with E-state index in [1.54, 1.807) is 30.3 Å². The molecule has 1 atom stereocenters. The number of nitrogens with zero attached hydrogens (tertiary/aromatic N) is 4. The maximum absolute atomic E-state index is 12.7. The van der Waals surface area contributed by atoms with Crippen molar-refractivity contribution in [1.29, 1.82) is 0 Å². The molecule has 0 radical (unpaired) electrons. The molecule has 0 N–H and O–H groups in total. The van der Waals surface area contributed by atoms with Crippen LogP contribution in [-0.4, -0.2) is 60.8 Å². The molecule has 14 heteroatoms. The van der Waals surface area contributed by atoms with Gasteiger partial charge < -0.3 is 9.47 Å². The van der Waals surface area contributed by atoms with E-state index < -0.39 is 31.8 Å². The highest BCUT2D eigenvalue weighted by Crippen LogP contribution is 2.41. The third kappa shape index (κ3) is 6.43. The fourth-order valence-electron chi connectivity index (χ4n) is 2.42. The fourth-order valence-corrected chi connectivity index (χ4v) is 3.23. The molecule has 1 aromatic rings. The van der Waals surface area contributed by atoms with Gasteiger partial charge in [-0.05, 0) is 13.8 Å². The Morgan fingerprint density at radius 2 is 1.52 bits per heavy atom. The second-order valence-electron chi connectivity index (χ2n) is 5.72. The minimum Gasteiger partial charge on any atom is -0.448 e. The van der Waals surface area contributed by atoms with Crippen LogP contribution < -0.4 is 0 Å². The molecule has 31 heavy (non-hydrogen) atoms. The predicted molar refractivity (Wildman–Crippen MR) is 123 cm³/mol. The van der Waals surface area contributed by atoms with Gasteiger partial charge in [0.25, 0.3) is 0 Å². The Morgan fingerprint density at radius 3 is 1.94 bits per heavy atom. The van der Waals surface area contributed by atoms with Crippen LogP contribution in [0.15, 0.2) is 40.3 Å².